The van der Waals surface area contributed by atoms with Gasteiger partial charge in [-0.05, 0) is 42.3 Å². The van der Waals surface area contributed by atoms with Crippen molar-refractivity contribution in [2.75, 3.05) is 26.1 Å². The number of hydrogen-bond acceptors (Lipinski definition) is 5. The van der Waals surface area contributed by atoms with Gasteiger partial charge >= 0.3 is 0 Å². The van der Waals surface area contributed by atoms with Crippen LogP contribution in [-0.2, 0) is 27.4 Å². The first-order valence-corrected chi connectivity index (χ1v) is 9.54. The lowest BCUT2D eigenvalue weighted by Crippen LogP contribution is -2.38. The van der Waals surface area contributed by atoms with Crippen molar-refractivity contribution in [2.24, 2.45) is 0 Å². The van der Waals surface area contributed by atoms with E-state index in [1.807, 2.05) is 37.3 Å². The zero-order valence-corrected chi connectivity index (χ0v) is 16.9. The van der Waals surface area contributed by atoms with E-state index < -0.39 is 6.10 Å². The van der Waals surface area contributed by atoms with Gasteiger partial charge in [0.25, 0.3) is 5.91 Å². The average Bonchev–Trinajstić information content (AvgIpc) is 2.84. The number of carbonyl (C=O) groups is 2. The maximum atomic E-state index is 13.0. The van der Waals surface area contributed by atoms with Crippen LogP contribution in [0.4, 0.5) is 5.69 Å². The van der Waals surface area contributed by atoms with Crippen molar-refractivity contribution in [2.45, 2.75) is 32.5 Å². The Morgan fingerprint density at radius 1 is 1.24 bits per heavy atom. The molecule has 7 nitrogen and oxygen atoms in total. The first-order chi connectivity index (χ1) is 14.0. The van der Waals surface area contributed by atoms with E-state index in [1.54, 1.807) is 24.1 Å². The molecular formula is C22H26N2O5. The van der Waals surface area contributed by atoms with Crippen LogP contribution >= 0.6 is 0 Å². The highest BCUT2D eigenvalue weighted by atomic mass is 16.5. The van der Waals surface area contributed by atoms with Gasteiger partial charge in [-0.25, -0.2) is 0 Å². The molecule has 0 aliphatic carbocycles. The second kappa shape index (κ2) is 9.43. The maximum Gasteiger partial charge on any atom is 0.264 e. The summed E-state index contributed by atoms with van der Waals surface area (Å²) in [6, 6.07) is 13.1. The summed E-state index contributed by atoms with van der Waals surface area (Å²) in [6.45, 7) is 2.73. The van der Waals surface area contributed by atoms with Crippen molar-refractivity contribution in [3.63, 3.8) is 0 Å². The van der Waals surface area contributed by atoms with E-state index in [9.17, 15) is 9.59 Å². The summed E-state index contributed by atoms with van der Waals surface area (Å²) in [4.78, 5) is 26.6. The molecule has 0 spiro atoms. The summed E-state index contributed by atoms with van der Waals surface area (Å²) in [6.07, 6.45) is 0.0231. The van der Waals surface area contributed by atoms with Gasteiger partial charge in [0, 0.05) is 31.5 Å². The standard InChI is InChI=1S/C22H26N2O5/c1-4-19-22(26)24(12-15-6-5-7-18(10-15)28-3)13-16-11-17(8-9-20(16)29-19)23-21(25)14-27-2/h5-11,19H,4,12-14H2,1-3H3,(H,23,25)/t19-/m1/s1. The Balaban J connectivity index is 1.86. The van der Waals surface area contributed by atoms with Gasteiger partial charge in [-0.2, -0.15) is 0 Å². The molecule has 154 valence electrons. The van der Waals surface area contributed by atoms with Crippen LogP contribution in [0, 0.1) is 0 Å². The highest BCUT2D eigenvalue weighted by molar-refractivity contribution is 5.92. The number of anilines is 1. The van der Waals surface area contributed by atoms with Crippen molar-refractivity contribution in [1.82, 2.24) is 4.90 Å². The molecule has 0 radical (unpaired) electrons. The van der Waals surface area contributed by atoms with Crippen molar-refractivity contribution in [3.05, 3.63) is 53.6 Å². The fourth-order valence-electron chi connectivity index (χ4n) is 3.30. The van der Waals surface area contributed by atoms with E-state index >= 15 is 0 Å². The Morgan fingerprint density at radius 2 is 2.07 bits per heavy atom. The minimum Gasteiger partial charge on any atom is -0.497 e. The molecule has 29 heavy (non-hydrogen) atoms. The van der Waals surface area contributed by atoms with Crippen LogP contribution < -0.4 is 14.8 Å². The third kappa shape index (κ3) is 5.06. The predicted molar refractivity (Wildman–Crippen MR) is 109 cm³/mol. The number of ether oxygens (including phenoxy) is 3. The van der Waals surface area contributed by atoms with E-state index in [0.717, 1.165) is 16.9 Å². The Hall–Kier alpha value is -3.06. The molecule has 2 aromatic carbocycles. The number of benzene rings is 2. The van der Waals surface area contributed by atoms with Gasteiger partial charge in [0.1, 0.15) is 18.1 Å². The quantitative estimate of drug-likeness (QED) is 0.776. The van der Waals surface area contributed by atoms with E-state index in [0.29, 0.717) is 30.9 Å². The zero-order chi connectivity index (χ0) is 20.8. The molecule has 2 amide bonds. The van der Waals surface area contributed by atoms with Gasteiger partial charge < -0.3 is 24.4 Å². The minimum absolute atomic E-state index is 0.0219. The van der Waals surface area contributed by atoms with Gasteiger partial charge in [-0.15, -0.1) is 0 Å². The molecule has 1 N–H and O–H groups in total. The van der Waals surface area contributed by atoms with Gasteiger partial charge in [-0.1, -0.05) is 19.1 Å². The van der Waals surface area contributed by atoms with E-state index in [2.05, 4.69) is 5.32 Å². The number of hydrogen-bond donors (Lipinski definition) is 1. The summed E-state index contributed by atoms with van der Waals surface area (Å²) in [5.41, 5.74) is 2.45. The Labute approximate surface area is 170 Å². The lowest BCUT2D eigenvalue weighted by Gasteiger charge is -2.23. The third-order valence-corrected chi connectivity index (χ3v) is 4.72. The molecule has 0 unspecified atom stereocenters. The summed E-state index contributed by atoms with van der Waals surface area (Å²) in [5, 5.41) is 2.79. The number of fused-ring (bicyclic) bond motifs is 1. The highest BCUT2D eigenvalue weighted by Crippen LogP contribution is 2.30. The summed E-state index contributed by atoms with van der Waals surface area (Å²) >= 11 is 0. The molecular weight excluding hydrogens is 372 g/mol. The monoisotopic (exact) mass is 398 g/mol. The number of rotatable bonds is 7. The minimum atomic E-state index is -0.546. The van der Waals surface area contributed by atoms with Crippen molar-refractivity contribution >= 4 is 17.5 Å². The lowest BCUT2D eigenvalue weighted by molar-refractivity contribution is -0.139. The molecule has 1 heterocycles. The maximum absolute atomic E-state index is 13.0. The van der Waals surface area contributed by atoms with E-state index in [-0.39, 0.29) is 18.4 Å². The van der Waals surface area contributed by atoms with Crippen LogP contribution in [-0.4, -0.2) is 43.6 Å². The molecule has 0 fully saturated rings. The molecule has 0 saturated carbocycles. The van der Waals surface area contributed by atoms with Gasteiger partial charge in [0.15, 0.2) is 6.10 Å². The Morgan fingerprint density at radius 3 is 2.79 bits per heavy atom. The lowest BCUT2D eigenvalue weighted by atomic mass is 10.1. The zero-order valence-electron chi connectivity index (χ0n) is 16.9. The second-order valence-corrected chi connectivity index (χ2v) is 6.86. The molecule has 1 aliphatic rings. The summed E-state index contributed by atoms with van der Waals surface area (Å²) in [5.74, 6) is 1.11. The molecule has 2 aromatic rings. The van der Waals surface area contributed by atoms with Crippen LogP contribution in [0.15, 0.2) is 42.5 Å². The fourth-order valence-corrected chi connectivity index (χ4v) is 3.30. The van der Waals surface area contributed by atoms with Gasteiger partial charge in [-0.3, -0.25) is 9.59 Å². The number of nitrogens with one attached hydrogen (secondary N) is 1. The van der Waals surface area contributed by atoms with Crippen molar-refractivity contribution in [1.29, 1.82) is 0 Å². The summed E-state index contributed by atoms with van der Waals surface area (Å²) < 4.78 is 16.1. The molecule has 1 aliphatic heterocycles. The average molecular weight is 398 g/mol. The van der Waals surface area contributed by atoms with Gasteiger partial charge in [0.05, 0.1) is 7.11 Å². The van der Waals surface area contributed by atoms with Crippen LogP contribution in [0.5, 0.6) is 11.5 Å². The SMILES string of the molecule is CC[C@H]1Oc2ccc(NC(=O)COC)cc2CN(Cc2cccc(OC)c2)C1=O. The molecule has 0 saturated heterocycles. The first kappa shape index (κ1) is 20.7. The number of methoxy groups -OCH3 is 2. The summed E-state index contributed by atoms with van der Waals surface area (Å²) in [7, 11) is 3.09. The third-order valence-electron chi connectivity index (χ3n) is 4.72. The number of nitrogens with zero attached hydrogens (tertiary/aromatic N) is 1. The predicted octanol–water partition coefficient (Wildman–Crippen LogP) is 2.98. The van der Waals surface area contributed by atoms with Gasteiger partial charge in [0.2, 0.25) is 5.91 Å². The largest absolute Gasteiger partial charge is 0.497 e. The van der Waals surface area contributed by atoms with Crippen molar-refractivity contribution < 1.29 is 23.8 Å². The highest BCUT2D eigenvalue weighted by Gasteiger charge is 2.30. The number of carbonyl (C=O) groups excluding carboxylic acids is 2. The molecule has 7 heteroatoms. The Kier molecular flexibility index (Phi) is 6.72. The topological polar surface area (TPSA) is 77.1 Å². The van der Waals surface area contributed by atoms with E-state index in [4.69, 9.17) is 14.2 Å². The molecule has 1 atom stereocenters. The molecule has 3 rings (SSSR count). The fraction of sp³-hybridized carbons (Fsp3) is 0.364. The van der Waals surface area contributed by atoms with Crippen LogP contribution in [0.2, 0.25) is 0 Å². The van der Waals surface area contributed by atoms with E-state index in [1.165, 1.54) is 7.11 Å². The first-order valence-electron chi connectivity index (χ1n) is 9.54. The number of amides is 2. The smallest absolute Gasteiger partial charge is 0.264 e. The Bertz CT molecular complexity index is 883. The van der Waals surface area contributed by atoms with Crippen LogP contribution in [0.3, 0.4) is 0 Å². The van der Waals surface area contributed by atoms with Crippen molar-refractivity contribution in [3.8, 4) is 11.5 Å². The second-order valence-electron chi connectivity index (χ2n) is 6.86. The van der Waals surface area contributed by atoms with Crippen LogP contribution in [0.1, 0.15) is 24.5 Å². The normalized spacial score (nSPS) is 15.9. The van der Waals surface area contributed by atoms with Crippen LogP contribution in [0.25, 0.3) is 0 Å². The molecule has 0 bridgehead atoms. The molecule has 0 aromatic heterocycles.